The molecule has 0 heterocycles. The largest absolute Gasteiger partial charge is 0.460 e. The number of benzene rings is 1. The fourth-order valence-electron chi connectivity index (χ4n) is 1.62. The van der Waals surface area contributed by atoms with Gasteiger partial charge in [0, 0.05) is 14.5 Å². The molecule has 2 nitrogen and oxygen atoms in total. The van der Waals surface area contributed by atoms with Gasteiger partial charge in [-0.1, -0.05) is 31.9 Å². The summed E-state index contributed by atoms with van der Waals surface area (Å²) in [7, 11) is 0. The van der Waals surface area contributed by atoms with Crippen LogP contribution in [-0.2, 0) is 4.79 Å². The SMILES string of the molecule is O=C(CC(=O)C(F)(F)C(F)(F)C(F)(F)C(F)(F)F)c1cc(Br)cc(Br)c1. The molecule has 13 heteroatoms. The number of Topliss-reactive ketones (excluding diaryl/α,β-unsaturated/α-hetero) is 2. The molecule has 0 aliphatic rings. The molecule has 0 aliphatic heterocycles. The number of carbonyl (C=O) groups excluding carboxylic acids is 2. The van der Waals surface area contributed by atoms with E-state index in [1.165, 1.54) is 6.07 Å². The van der Waals surface area contributed by atoms with Crippen molar-refractivity contribution >= 4 is 43.4 Å². The topological polar surface area (TPSA) is 34.1 Å². The molecule has 1 aromatic carbocycles. The maximum Gasteiger partial charge on any atom is 0.460 e. The molecule has 0 aromatic heterocycles. The molecule has 0 unspecified atom stereocenters. The fourth-order valence-corrected chi connectivity index (χ4v) is 2.92. The summed E-state index contributed by atoms with van der Waals surface area (Å²) in [6.07, 6.45) is -9.06. The van der Waals surface area contributed by atoms with Crippen LogP contribution in [0.3, 0.4) is 0 Å². The molecule has 0 atom stereocenters. The molecule has 0 N–H and O–H groups in total. The Balaban J connectivity index is 3.16. The van der Waals surface area contributed by atoms with Crippen LogP contribution >= 0.6 is 31.9 Å². The quantitative estimate of drug-likeness (QED) is 0.267. The van der Waals surface area contributed by atoms with Gasteiger partial charge in [-0.2, -0.15) is 39.5 Å². The molecular formula is C13H5Br2F9O2. The first-order valence-electron chi connectivity index (χ1n) is 6.18. The average molecular weight is 524 g/mol. The van der Waals surface area contributed by atoms with Gasteiger partial charge in [0.1, 0.15) is 0 Å². The molecule has 0 saturated carbocycles. The normalized spacial score (nSPS) is 13.7. The summed E-state index contributed by atoms with van der Waals surface area (Å²) in [5.74, 6) is -25.3. The lowest BCUT2D eigenvalue weighted by atomic mass is 9.95. The van der Waals surface area contributed by atoms with Gasteiger partial charge in [0.2, 0.25) is 5.78 Å². The Morgan fingerprint density at radius 3 is 1.58 bits per heavy atom. The van der Waals surface area contributed by atoms with Crippen molar-refractivity contribution in [3.8, 4) is 0 Å². The Morgan fingerprint density at radius 2 is 1.19 bits per heavy atom. The number of rotatable bonds is 6. The molecule has 146 valence electrons. The number of alkyl halides is 9. The third-order valence-corrected chi connectivity index (χ3v) is 3.92. The van der Waals surface area contributed by atoms with E-state index in [2.05, 4.69) is 31.9 Å². The first-order chi connectivity index (χ1) is 11.4. The predicted molar refractivity (Wildman–Crippen MR) is 76.7 cm³/mol. The van der Waals surface area contributed by atoms with Crippen LogP contribution in [0.1, 0.15) is 16.8 Å². The summed E-state index contributed by atoms with van der Waals surface area (Å²) in [5.41, 5.74) is -0.443. The smallest absolute Gasteiger partial charge is 0.294 e. The van der Waals surface area contributed by atoms with E-state index in [9.17, 15) is 49.1 Å². The van der Waals surface area contributed by atoms with Gasteiger partial charge in [-0.15, -0.1) is 0 Å². The van der Waals surface area contributed by atoms with Crippen LogP contribution in [0.2, 0.25) is 0 Å². The number of ketones is 2. The second kappa shape index (κ2) is 7.13. The molecule has 0 radical (unpaired) electrons. The van der Waals surface area contributed by atoms with Crippen molar-refractivity contribution < 1.29 is 49.1 Å². The van der Waals surface area contributed by atoms with Crippen molar-refractivity contribution in [2.24, 2.45) is 0 Å². The van der Waals surface area contributed by atoms with E-state index < -0.39 is 47.5 Å². The highest BCUT2D eigenvalue weighted by Crippen LogP contribution is 2.53. The maximum absolute atomic E-state index is 13.4. The minimum atomic E-state index is -7.19. The zero-order chi connectivity index (χ0) is 20.7. The number of carbonyl (C=O) groups is 2. The van der Waals surface area contributed by atoms with E-state index in [0.29, 0.717) is 0 Å². The van der Waals surface area contributed by atoms with Crippen LogP contribution in [0.4, 0.5) is 39.5 Å². The van der Waals surface area contributed by atoms with E-state index in [4.69, 9.17) is 0 Å². The monoisotopic (exact) mass is 522 g/mol. The van der Waals surface area contributed by atoms with Crippen LogP contribution in [0.25, 0.3) is 0 Å². The van der Waals surface area contributed by atoms with Gasteiger partial charge in [-0.3, -0.25) is 9.59 Å². The van der Waals surface area contributed by atoms with Crippen LogP contribution < -0.4 is 0 Å². The molecule has 26 heavy (non-hydrogen) atoms. The van der Waals surface area contributed by atoms with Crippen LogP contribution in [0.5, 0.6) is 0 Å². The van der Waals surface area contributed by atoms with Crippen LogP contribution in [0.15, 0.2) is 27.1 Å². The van der Waals surface area contributed by atoms with Crippen molar-refractivity contribution in [2.75, 3.05) is 0 Å². The van der Waals surface area contributed by atoms with E-state index in [0.717, 1.165) is 12.1 Å². The van der Waals surface area contributed by atoms with Crippen LogP contribution in [0, 0.1) is 0 Å². The molecule has 0 saturated heterocycles. The highest BCUT2D eigenvalue weighted by Gasteiger charge is 2.83. The average Bonchev–Trinajstić information content (AvgIpc) is 2.44. The maximum atomic E-state index is 13.4. The molecular weight excluding hydrogens is 519 g/mol. The predicted octanol–water partition coefficient (Wildman–Crippen LogP) is 5.82. The van der Waals surface area contributed by atoms with E-state index in [1.54, 1.807) is 0 Å². The van der Waals surface area contributed by atoms with Crippen molar-refractivity contribution in [3.05, 3.63) is 32.7 Å². The van der Waals surface area contributed by atoms with Gasteiger partial charge in [0.05, 0.1) is 6.42 Å². The lowest BCUT2D eigenvalue weighted by molar-refractivity contribution is -0.388. The molecule has 1 rings (SSSR count). The lowest BCUT2D eigenvalue weighted by Gasteiger charge is -2.32. The van der Waals surface area contributed by atoms with Gasteiger partial charge in [0.15, 0.2) is 5.78 Å². The third-order valence-electron chi connectivity index (χ3n) is 3.00. The summed E-state index contributed by atoms with van der Waals surface area (Å²) in [4.78, 5) is 23.0. The molecule has 0 amide bonds. The lowest BCUT2D eigenvalue weighted by Crippen LogP contribution is -2.63. The Morgan fingerprint density at radius 1 is 0.769 bits per heavy atom. The summed E-state index contributed by atoms with van der Waals surface area (Å²) < 4.78 is 115. The van der Waals surface area contributed by atoms with Gasteiger partial charge in [-0.05, 0) is 18.2 Å². The molecule has 1 aromatic rings. The number of halogens is 11. The van der Waals surface area contributed by atoms with Crippen molar-refractivity contribution in [2.45, 2.75) is 30.4 Å². The fraction of sp³-hybridized carbons (Fsp3) is 0.385. The summed E-state index contributed by atoms with van der Waals surface area (Å²) in [6, 6.07) is 3.38. The number of hydrogen-bond donors (Lipinski definition) is 0. The van der Waals surface area contributed by atoms with Gasteiger partial charge >= 0.3 is 23.9 Å². The first-order valence-corrected chi connectivity index (χ1v) is 7.76. The Kier molecular flexibility index (Phi) is 6.29. The molecule has 0 fully saturated rings. The minimum absolute atomic E-state index is 0.211. The summed E-state index contributed by atoms with van der Waals surface area (Å²) >= 11 is 5.81. The zero-order valence-corrected chi connectivity index (χ0v) is 15.1. The Labute approximate surface area is 156 Å². The standard InChI is InChI=1S/C13H5Br2F9O2/c14-6-1-5(2-7(15)3-6)8(25)4-9(26)10(16,17)11(18,19)12(20,21)13(22,23)24/h1-3H,4H2. The Bertz CT molecular complexity index is 709. The van der Waals surface area contributed by atoms with Crippen molar-refractivity contribution in [1.82, 2.24) is 0 Å². The van der Waals surface area contributed by atoms with Gasteiger partial charge < -0.3 is 0 Å². The van der Waals surface area contributed by atoms with Crippen LogP contribution in [-0.4, -0.2) is 35.5 Å². The van der Waals surface area contributed by atoms with E-state index in [-0.39, 0.29) is 8.95 Å². The minimum Gasteiger partial charge on any atom is -0.294 e. The number of hydrogen-bond acceptors (Lipinski definition) is 2. The first kappa shape index (κ1) is 22.9. The zero-order valence-electron chi connectivity index (χ0n) is 11.9. The van der Waals surface area contributed by atoms with Crippen molar-refractivity contribution in [1.29, 1.82) is 0 Å². The van der Waals surface area contributed by atoms with E-state index in [1.807, 2.05) is 0 Å². The summed E-state index contributed by atoms with van der Waals surface area (Å²) in [6.45, 7) is 0. The second-order valence-corrected chi connectivity index (χ2v) is 6.73. The molecule has 0 bridgehead atoms. The highest BCUT2D eigenvalue weighted by molar-refractivity contribution is 9.11. The van der Waals surface area contributed by atoms with Gasteiger partial charge in [-0.25, -0.2) is 0 Å². The van der Waals surface area contributed by atoms with E-state index >= 15 is 0 Å². The van der Waals surface area contributed by atoms with Crippen molar-refractivity contribution in [3.63, 3.8) is 0 Å². The third kappa shape index (κ3) is 4.07. The van der Waals surface area contributed by atoms with Gasteiger partial charge in [0.25, 0.3) is 0 Å². The summed E-state index contributed by atoms with van der Waals surface area (Å²) in [5, 5.41) is 0. The highest BCUT2D eigenvalue weighted by atomic mass is 79.9. The molecule has 0 spiro atoms. The Hall–Kier alpha value is -1.11. The molecule has 0 aliphatic carbocycles. The second-order valence-electron chi connectivity index (χ2n) is 4.90.